The van der Waals surface area contributed by atoms with Crippen LogP contribution in [-0.2, 0) is 33.8 Å². The first-order chi connectivity index (χ1) is 17.3. The largest absolute Gasteiger partial charge is 0.478 e. The number of carbonyl (C=O) groups excluding carboxylic acids is 3. The molecule has 5 N–H and O–H groups in total. The van der Waals surface area contributed by atoms with Crippen LogP contribution in [0.25, 0.3) is 0 Å². The number of alkyl carbamates (subject to hydrolysis) is 1. The lowest BCUT2D eigenvalue weighted by atomic mass is 10.0. The van der Waals surface area contributed by atoms with Crippen LogP contribution >= 0.6 is 0 Å². The topological polar surface area (TPSA) is 148 Å². The lowest BCUT2D eigenvalue weighted by Gasteiger charge is -2.22. The number of carbonyl (C=O) groups is 4. The van der Waals surface area contributed by atoms with Gasteiger partial charge in [-0.25, -0.2) is 9.59 Å². The molecule has 0 radical (unpaired) electrons. The number of hydrogen-bond acceptors (Lipinski definition) is 5. The summed E-state index contributed by atoms with van der Waals surface area (Å²) in [6.45, 7) is 0.0304. The summed E-state index contributed by atoms with van der Waals surface area (Å²) >= 11 is 0. The van der Waals surface area contributed by atoms with Gasteiger partial charge >= 0.3 is 12.1 Å². The Labute approximate surface area is 208 Å². The van der Waals surface area contributed by atoms with Crippen LogP contribution in [0.3, 0.4) is 0 Å². The SMILES string of the molecule is NC(=O)[C@@H](Cc1ccc(C(=O)O)cc1)NC(=O)[C@H](Cc1ccccc1)NC(=O)OCc1ccccc1. The summed E-state index contributed by atoms with van der Waals surface area (Å²) in [4.78, 5) is 48.7. The molecule has 2 atom stereocenters. The molecule has 3 aromatic rings. The molecular formula is C27H27N3O6. The van der Waals surface area contributed by atoms with Crippen molar-refractivity contribution >= 4 is 23.9 Å². The predicted octanol–water partition coefficient (Wildman–Crippen LogP) is 2.44. The highest BCUT2D eigenvalue weighted by molar-refractivity contribution is 5.91. The van der Waals surface area contributed by atoms with Crippen LogP contribution in [0.15, 0.2) is 84.9 Å². The van der Waals surface area contributed by atoms with Crippen molar-refractivity contribution in [1.29, 1.82) is 0 Å². The number of rotatable bonds is 11. The van der Waals surface area contributed by atoms with Gasteiger partial charge in [0.1, 0.15) is 18.7 Å². The molecule has 9 heteroatoms. The highest BCUT2D eigenvalue weighted by Gasteiger charge is 2.27. The van der Waals surface area contributed by atoms with Gasteiger partial charge in [-0.05, 0) is 28.8 Å². The van der Waals surface area contributed by atoms with Crippen LogP contribution in [0.4, 0.5) is 4.79 Å². The van der Waals surface area contributed by atoms with Gasteiger partial charge in [0.25, 0.3) is 0 Å². The Kier molecular flexibility index (Phi) is 9.16. The first-order valence-corrected chi connectivity index (χ1v) is 11.2. The number of carboxylic acids is 1. The van der Waals surface area contributed by atoms with E-state index in [4.69, 9.17) is 15.6 Å². The molecule has 186 valence electrons. The molecule has 0 heterocycles. The standard InChI is InChI=1S/C27H27N3O6/c28-24(31)22(15-19-11-13-21(14-12-19)26(33)34)29-25(32)23(16-18-7-3-1-4-8-18)30-27(35)36-17-20-9-5-2-6-10-20/h1-14,22-23H,15-17H2,(H2,28,31)(H,29,32)(H,30,35)(H,33,34)/t22-,23+/m1/s1. The number of primary amides is 1. The number of ether oxygens (including phenoxy) is 1. The molecule has 0 aliphatic rings. The summed E-state index contributed by atoms with van der Waals surface area (Å²) in [6.07, 6.45) is -0.571. The monoisotopic (exact) mass is 489 g/mol. The summed E-state index contributed by atoms with van der Waals surface area (Å²) in [7, 11) is 0. The van der Waals surface area contributed by atoms with Gasteiger partial charge in [-0.15, -0.1) is 0 Å². The molecular weight excluding hydrogens is 462 g/mol. The number of carboxylic acid groups (broad SMARTS) is 1. The first-order valence-electron chi connectivity index (χ1n) is 11.2. The third-order valence-electron chi connectivity index (χ3n) is 5.40. The molecule has 0 aliphatic heterocycles. The van der Waals surface area contributed by atoms with Gasteiger partial charge in [0.15, 0.2) is 0 Å². The van der Waals surface area contributed by atoms with Crippen molar-refractivity contribution in [1.82, 2.24) is 10.6 Å². The Morgan fingerprint density at radius 2 is 1.25 bits per heavy atom. The molecule has 0 spiro atoms. The van der Waals surface area contributed by atoms with E-state index < -0.39 is 36.0 Å². The molecule has 0 bridgehead atoms. The van der Waals surface area contributed by atoms with Crippen molar-refractivity contribution in [2.75, 3.05) is 0 Å². The van der Waals surface area contributed by atoms with E-state index in [1.165, 1.54) is 12.1 Å². The van der Waals surface area contributed by atoms with Gasteiger partial charge in [0.05, 0.1) is 5.56 Å². The van der Waals surface area contributed by atoms with Crippen LogP contribution in [0.2, 0.25) is 0 Å². The molecule has 3 aromatic carbocycles. The van der Waals surface area contributed by atoms with Crippen molar-refractivity contribution in [2.45, 2.75) is 31.5 Å². The smallest absolute Gasteiger partial charge is 0.408 e. The van der Waals surface area contributed by atoms with E-state index in [-0.39, 0.29) is 25.0 Å². The quantitative estimate of drug-likeness (QED) is 0.325. The average molecular weight is 490 g/mol. The lowest BCUT2D eigenvalue weighted by molar-refractivity contribution is -0.128. The van der Waals surface area contributed by atoms with Crippen molar-refractivity contribution in [3.05, 3.63) is 107 Å². The van der Waals surface area contributed by atoms with Gasteiger partial charge in [-0.3, -0.25) is 9.59 Å². The second kappa shape index (κ2) is 12.7. The zero-order chi connectivity index (χ0) is 25.9. The minimum absolute atomic E-state index is 0.0304. The molecule has 0 saturated carbocycles. The molecule has 3 rings (SSSR count). The van der Waals surface area contributed by atoms with E-state index in [0.717, 1.165) is 11.1 Å². The zero-order valence-electron chi connectivity index (χ0n) is 19.4. The number of benzene rings is 3. The van der Waals surface area contributed by atoms with E-state index >= 15 is 0 Å². The molecule has 36 heavy (non-hydrogen) atoms. The Morgan fingerprint density at radius 1 is 0.722 bits per heavy atom. The van der Waals surface area contributed by atoms with Gasteiger partial charge in [0.2, 0.25) is 11.8 Å². The van der Waals surface area contributed by atoms with E-state index in [1.807, 2.05) is 60.7 Å². The fraction of sp³-hybridized carbons (Fsp3) is 0.185. The highest BCUT2D eigenvalue weighted by Crippen LogP contribution is 2.09. The Hall–Kier alpha value is -4.66. The highest BCUT2D eigenvalue weighted by atomic mass is 16.5. The maximum absolute atomic E-state index is 13.1. The fourth-order valence-electron chi connectivity index (χ4n) is 3.48. The Bertz CT molecular complexity index is 1180. The fourth-order valence-corrected chi connectivity index (χ4v) is 3.48. The average Bonchev–Trinajstić information content (AvgIpc) is 2.88. The van der Waals surface area contributed by atoms with Crippen LogP contribution in [-0.4, -0.2) is 41.1 Å². The van der Waals surface area contributed by atoms with Gasteiger partial charge in [0, 0.05) is 12.8 Å². The van der Waals surface area contributed by atoms with Crippen molar-refractivity contribution < 1.29 is 29.0 Å². The van der Waals surface area contributed by atoms with Crippen LogP contribution in [0, 0.1) is 0 Å². The van der Waals surface area contributed by atoms with Crippen molar-refractivity contribution in [3.8, 4) is 0 Å². The van der Waals surface area contributed by atoms with Gasteiger partial charge in [-0.2, -0.15) is 0 Å². The molecule has 0 unspecified atom stereocenters. The van der Waals surface area contributed by atoms with Crippen LogP contribution < -0.4 is 16.4 Å². The molecule has 0 aliphatic carbocycles. The summed E-state index contributed by atoms with van der Waals surface area (Å²) in [5.74, 6) is -2.45. The second-order valence-corrected chi connectivity index (χ2v) is 8.12. The van der Waals surface area contributed by atoms with E-state index in [2.05, 4.69) is 10.6 Å². The number of nitrogens with one attached hydrogen (secondary N) is 2. The van der Waals surface area contributed by atoms with Crippen LogP contribution in [0.1, 0.15) is 27.0 Å². The normalized spacial score (nSPS) is 12.1. The molecule has 0 aromatic heterocycles. The predicted molar refractivity (Wildman–Crippen MR) is 132 cm³/mol. The zero-order valence-corrected chi connectivity index (χ0v) is 19.4. The molecule has 0 fully saturated rings. The van der Waals surface area contributed by atoms with E-state index in [9.17, 15) is 19.2 Å². The maximum Gasteiger partial charge on any atom is 0.408 e. The minimum Gasteiger partial charge on any atom is -0.478 e. The summed E-state index contributed by atoms with van der Waals surface area (Å²) in [5.41, 5.74) is 7.81. The van der Waals surface area contributed by atoms with Crippen molar-refractivity contribution in [2.24, 2.45) is 5.73 Å². The lowest BCUT2D eigenvalue weighted by Crippen LogP contribution is -2.54. The third kappa shape index (κ3) is 7.98. The van der Waals surface area contributed by atoms with Gasteiger partial charge < -0.3 is 26.2 Å². The maximum atomic E-state index is 13.1. The van der Waals surface area contributed by atoms with Gasteiger partial charge in [-0.1, -0.05) is 72.8 Å². The minimum atomic E-state index is -1.08. The third-order valence-corrected chi connectivity index (χ3v) is 5.40. The number of nitrogens with two attached hydrogens (primary N) is 1. The summed E-state index contributed by atoms with van der Waals surface area (Å²) < 4.78 is 5.26. The molecule has 0 saturated heterocycles. The number of aromatic carboxylic acids is 1. The van der Waals surface area contributed by atoms with E-state index in [1.54, 1.807) is 12.1 Å². The molecule has 3 amide bonds. The second-order valence-electron chi connectivity index (χ2n) is 8.12. The van der Waals surface area contributed by atoms with Crippen LogP contribution in [0.5, 0.6) is 0 Å². The molecule has 9 nitrogen and oxygen atoms in total. The first kappa shape index (κ1) is 26.0. The number of amides is 3. The van der Waals surface area contributed by atoms with E-state index in [0.29, 0.717) is 5.56 Å². The number of hydrogen-bond donors (Lipinski definition) is 4. The Balaban J connectivity index is 1.69. The summed E-state index contributed by atoms with van der Waals surface area (Å²) in [5, 5.41) is 14.2. The summed E-state index contributed by atoms with van der Waals surface area (Å²) in [6, 6.07) is 22.0. The Morgan fingerprint density at radius 3 is 1.81 bits per heavy atom. The van der Waals surface area contributed by atoms with Crippen molar-refractivity contribution in [3.63, 3.8) is 0 Å².